The molecule has 1 unspecified atom stereocenters. The third-order valence-corrected chi connectivity index (χ3v) is 2.28. The van der Waals surface area contributed by atoms with Crippen molar-refractivity contribution in [1.29, 1.82) is 0 Å². The summed E-state index contributed by atoms with van der Waals surface area (Å²) in [6.07, 6.45) is 1.33. The highest BCUT2D eigenvalue weighted by atomic mass is 32.2. The van der Waals surface area contributed by atoms with Crippen molar-refractivity contribution in [3.8, 4) is 0 Å². The first kappa shape index (κ1) is 8.48. The van der Waals surface area contributed by atoms with Crippen molar-refractivity contribution in [1.82, 2.24) is 25.9 Å². The minimum atomic E-state index is 0.713. The third-order valence-electron chi connectivity index (χ3n) is 1.17. The summed E-state index contributed by atoms with van der Waals surface area (Å²) in [4.78, 5) is 0. The van der Waals surface area contributed by atoms with E-state index in [9.17, 15) is 0 Å². The summed E-state index contributed by atoms with van der Waals surface area (Å²) in [6.45, 7) is 3.39. The van der Waals surface area contributed by atoms with Crippen LogP contribution in [0.2, 0.25) is 0 Å². The van der Waals surface area contributed by atoms with Gasteiger partial charge in [-0.05, 0) is 6.92 Å². The van der Waals surface area contributed by atoms with Gasteiger partial charge >= 0.3 is 0 Å². The predicted octanol–water partition coefficient (Wildman–Crippen LogP) is -0.132. The lowest BCUT2D eigenvalue weighted by molar-refractivity contribution is 0.761. The van der Waals surface area contributed by atoms with Crippen LogP contribution in [-0.4, -0.2) is 38.3 Å². The Labute approximate surface area is 69.3 Å². The highest BCUT2D eigenvalue weighted by Crippen LogP contribution is 2.10. The van der Waals surface area contributed by atoms with Crippen molar-refractivity contribution < 1.29 is 0 Å². The van der Waals surface area contributed by atoms with Crippen LogP contribution in [-0.2, 0) is 0 Å². The van der Waals surface area contributed by atoms with E-state index in [1.54, 1.807) is 0 Å². The highest BCUT2D eigenvalue weighted by Gasteiger charge is 2.05. The van der Waals surface area contributed by atoms with Crippen molar-refractivity contribution >= 4 is 11.8 Å². The van der Waals surface area contributed by atoms with E-state index in [1.165, 1.54) is 18.6 Å². The molecule has 1 aliphatic rings. The molecule has 2 rings (SSSR count). The lowest BCUT2D eigenvalue weighted by atomic mass is 10.7. The summed E-state index contributed by atoms with van der Waals surface area (Å²) in [5, 5.41) is 16.2. The second-order valence-electron chi connectivity index (χ2n) is 2.03. The van der Waals surface area contributed by atoms with Gasteiger partial charge in [0.15, 0.2) is 6.33 Å². The molecule has 2 N–H and O–H groups in total. The molecule has 1 aromatic heterocycles. The summed E-state index contributed by atoms with van der Waals surface area (Å²) < 4.78 is 0. The largest absolute Gasteiger partial charge is 0.305 e. The Morgan fingerprint density at radius 1 is 1.64 bits per heavy atom. The molecule has 6 heteroatoms. The van der Waals surface area contributed by atoms with Crippen LogP contribution in [0.15, 0.2) is 6.33 Å². The third kappa shape index (κ3) is 3.94. The Hall–Kier alpha value is -0.620. The molecule has 0 aliphatic carbocycles. The van der Waals surface area contributed by atoms with E-state index < -0.39 is 0 Å². The number of nitrogens with zero attached hydrogens (tertiary/aromatic N) is 3. The number of hydrogen-bond donors (Lipinski definition) is 2. The number of nitrogens with one attached hydrogen (secondary N) is 2. The number of H-pyrrole nitrogens is 1. The first-order valence-electron chi connectivity index (χ1n) is 3.41. The zero-order chi connectivity index (χ0) is 7.94. The zero-order valence-corrected chi connectivity index (χ0v) is 7.14. The maximum Gasteiger partial charge on any atom is 0.161 e. The fraction of sp³-hybridized carbons (Fsp3) is 0.800. The molecule has 2 heterocycles. The fourth-order valence-electron chi connectivity index (χ4n) is 0.686. The lowest BCUT2D eigenvalue weighted by Gasteiger charge is -1.94. The molecule has 5 nitrogen and oxygen atoms in total. The smallest absolute Gasteiger partial charge is 0.161 e. The van der Waals surface area contributed by atoms with Crippen LogP contribution >= 0.6 is 11.8 Å². The summed E-state index contributed by atoms with van der Waals surface area (Å²) >= 11 is 1.99. The van der Waals surface area contributed by atoms with Crippen molar-refractivity contribution in [2.75, 3.05) is 12.3 Å². The molecular weight excluding hydrogens is 162 g/mol. The Morgan fingerprint density at radius 2 is 2.55 bits per heavy atom. The van der Waals surface area contributed by atoms with E-state index in [2.05, 4.69) is 32.9 Å². The summed E-state index contributed by atoms with van der Waals surface area (Å²) in [5.74, 6) is 1.29. The van der Waals surface area contributed by atoms with Crippen LogP contribution in [0.4, 0.5) is 0 Å². The van der Waals surface area contributed by atoms with Crippen LogP contribution in [0.3, 0.4) is 0 Å². The van der Waals surface area contributed by atoms with Gasteiger partial charge < -0.3 is 5.32 Å². The van der Waals surface area contributed by atoms with Gasteiger partial charge in [0, 0.05) is 12.3 Å². The minimum Gasteiger partial charge on any atom is -0.305 e. The van der Waals surface area contributed by atoms with Gasteiger partial charge in [-0.1, -0.05) is 5.21 Å². The number of aromatic nitrogens is 4. The molecule has 62 valence electrons. The molecule has 0 amide bonds. The van der Waals surface area contributed by atoms with Crippen LogP contribution in [0.5, 0.6) is 0 Å². The molecular formula is C5H11N5S. The van der Waals surface area contributed by atoms with Crippen molar-refractivity contribution in [2.45, 2.75) is 12.3 Å². The average Bonchev–Trinajstić information content (AvgIpc) is 2.57. The summed E-state index contributed by atoms with van der Waals surface area (Å²) in [6, 6.07) is 0. The molecule has 1 saturated heterocycles. The van der Waals surface area contributed by atoms with E-state index in [0.29, 0.717) is 5.37 Å². The van der Waals surface area contributed by atoms with Gasteiger partial charge in [0.05, 0.1) is 5.37 Å². The summed E-state index contributed by atoms with van der Waals surface area (Å²) in [5.41, 5.74) is 0. The first-order valence-corrected chi connectivity index (χ1v) is 4.46. The van der Waals surface area contributed by atoms with Gasteiger partial charge in [-0.3, -0.25) is 0 Å². The number of rotatable bonds is 0. The van der Waals surface area contributed by atoms with Gasteiger partial charge in [-0.15, -0.1) is 22.0 Å². The van der Waals surface area contributed by atoms with Crippen LogP contribution < -0.4 is 5.32 Å². The molecule has 0 aromatic carbocycles. The van der Waals surface area contributed by atoms with Gasteiger partial charge in [0.25, 0.3) is 0 Å². The molecule has 11 heavy (non-hydrogen) atoms. The standard InChI is InChI=1S/C4H9NS.CH2N4/c1-4-5-2-3-6-4;1-2-4-5-3-1/h4-5H,2-3H2,1H3;1H,(H,2,3,4,5). The molecule has 1 aromatic rings. The maximum absolute atomic E-state index is 3.38. The quantitative estimate of drug-likeness (QED) is 0.572. The maximum atomic E-state index is 3.38. The van der Waals surface area contributed by atoms with Gasteiger partial charge in [0.1, 0.15) is 0 Å². The lowest BCUT2D eigenvalue weighted by Crippen LogP contribution is -2.14. The Balaban J connectivity index is 0.000000112. The first-order chi connectivity index (χ1) is 5.39. The van der Waals surface area contributed by atoms with E-state index in [0.717, 1.165) is 0 Å². The average molecular weight is 173 g/mol. The number of aromatic amines is 1. The molecule has 0 saturated carbocycles. The zero-order valence-electron chi connectivity index (χ0n) is 6.32. The van der Waals surface area contributed by atoms with Crippen molar-refractivity contribution in [2.24, 2.45) is 0 Å². The van der Waals surface area contributed by atoms with Crippen LogP contribution in [0.1, 0.15) is 6.92 Å². The van der Waals surface area contributed by atoms with Crippen molar-refractivity contribution in [3.05, 3.63) is 6.33 Å². The van der Waals surface area contributed by atoms with Gasteiger partial charge in [0.2, 0.25) is 0 Å². The Morgan fingerprint density at radius 3 is 2.73 bits per heavy atom. The van der Waals surface area contributed by atoms with Crippen LogP contribution in [0, 0.1) is 0 Å². The monoisotopic (exact) mass is 173 g/mol. The second-order valence-corrected chi connectivity index (χ2v) is 3.48. The molecule has 1 atom stereocenters. The minimum absolute atomic E-state index is 0.713. The van der Waals surface area contributed by atoms with E-state index >= 15 is 0 Å². The summed E-state index contributed by atoms with van der Waals surface area (Å²) in [7, 11) is 0. The van der Waals surface area contributed by atoms with Gasteiger partial charge in [-0.2, -0.15) is 5.21 Å². The highest BCUT2D eigenvalue weighted by molar-refractivity contribution is 8.00. The molecule has 0 radical (unpaired) electrons. The predicted molar refractivity (Wildman–Crippen MR) is 44.1 cm³/mol. The normalized spacial score (nSPS) is 22.5. The SMILES string of the molecule is CC1NCCS1.c1nn[nH]n1. The Bertz CT molecular complexity index is 142. The topological polar surface area (TPSA) is 66.5 Å². The number of tetrazole rings is 1. The molecule has 0 bridgehead atoms. The Kier molecular flexibility index (Phi) is 3.92. The fourth-order valence-corrected chi connectivity index (χ4v) is 1.51. The van der Waals surface area contributed by atoms with Crippen LogP contribution in [0.25, 0.3) is 0 Å². The van der Waals surface area contributed by atoms with E-state index in [4.69, 9.17) is 0 Å². The molecule has 0 spiro atoms. The van der Waals surface area contributed by atoms with Crippen molar-refractivity contribution in [3.63, 3.8) is 0 Å². The second kappa shape index (κ2) is 5.09. The van der Waals surface area contributed by atoms with E-state index in [-0.39, 0.29) is 0 Å². The molecule has 1 aliphatic heterocycles. The number of thioether (sulfide) groups is 1. The molecule has 1 fully saturated rings. The van der Waals surface area contributed by atoms with E-state index in [1.807, 2.05) is 11.8 Å². The van der Waals surface area contributed by atoms with Gasteiger partial charge in [-0.25, -0.2) is 0 Å². The number of hydrogen-bond acceptors (Lipinski definition) is 5.